The lowest BCUT2D eigenvalue weighted by Crippen LogP contribution is -2.28. The van der Waals surface area contributed by atoms with E-state index in [1.165, 1.54) is 11.3 Å². The van der Waals surface area contributed by atoms with Gasteiger partial charge >= 0.3 is 0 Å². The third kappa shape index (κ3) is 7.82. The summed E-state index contributed by atoms with van der Waals surface area (Å²) in [5.41, 5.74) is 0. The van der Waals surface area contributed by atoms with E-state index in [1.54, 1.807) is 12.1 Å². The Morgan fingerprint density at radius 2 is 2.14 bits per heavy atom. The van der Waals surface area contributed by atoms with Crippen molar-refractivity contribution in [2.45, 2.75) is 12.8 Å². The molecule has 0 fully saturated rings. The number of aliphatic hydroxyl groups is 1. The second-order valence-electron chi connectivity index (χ2n) is 4.22. The Hall–Kier alpha value is -1.40. The normalized spacial score (nSPS) is 10.8. The molecular weight excluding hydrogens is 312 g/mol. The molecule has 0 atom stereocenters. The first-order valence-corrected chi connectivity index (χ1v) is 9.05. The third-order valence-corrected chi connectivity index (χ3v) is 4.01. The van der Waals surface area contributed by atoms with Crippen LogP contribution in [0.15, 0.2) is 12.1 Å². The number of carbonyl (C=O) groups is 1. The van der Waals surface area contributed by atoms with Crippen molar-refractivity contribution in [3.63, 3.8) is 0 Å². The van der Waals surface area contributed by atoms with Crippen molar-refractivity contribution in [2.75, 3.05) is 26.0 Å². The summed E-state index contributed by atoms with van der Waals surface area (Å²) in [6.45, 7) is 0.708. The van der Waals surface area contributed by atoms with Gasteiger partial charge in [-0.15, -0.1) is 11.3 Å². The number of aliphatic hydroxyl groups excluding tert-OH is 1. The van der Waals surface area contributed by atoms with Gasteiger partial charge < -0.3 is 10.4 Å². The van der Waals surface area contributed by atoms with E-state index < -0.39 is 10.0 Å². The molecule has 1 rings (SSSR count). The fourth-order valence-corrected chi connectivity index (χ4v) is 2.68. The van der Waals surface area contributed by atoms with Crippen molar-refractivity contribution in [2.24, 2.45) is 0 Å². The summed E-state index contributed by atoms with van der Waals surface area (Å²) in [4.78, 5) is 13.1. The van der Waals surface area contributed by atoms with E-state index in [4.69, 9.17) is 5.11 Å². The zero-order valence-electron chi connectivity index (χ0n) is 11.7. The van der Waals surface area contributed by atoms with E-state index in [1.807, 2.05) is 0 Å². The van der Waals surface area contributed by atoms with Gasteiger partial charge in [0.15, 0.2) is 0 Å². The Kier molecular flexibility index (Phi) is 7.39. The van der Waals surface area contributed by atoms with Crippen molar-refractivity contribution >= 4 is 27.3 Å². The molecule has 0 aliphatic rings. The average molecular weight is 330 g/mol. The smallest absolute Gasteiger partial charge is 0.261 e. The molecule has 0 unspecified atom stereocenters. The topological polar surface area (TPSA) is 95.5 Å². The van der Waals surface area contributed by atoms with E-state index in [0.717, 1.165) is 11.1 Å². The predicted molar refractivity (Wildman–Crippen MR) is 82.7 cm³/mol. The lowest BCUT2D eigenvalue weighted by atomic mass is 10.3. The van der Waals surface area contributed by atoms with Gasteiger partial charge in [0.1, 0.15) is 0 Å². The zero-order valence-corrected chi connectivity index (χ0v) is 13.3. The molecule has 3 N–H and O–H groups in total. The quantitative estimate of drug-likeness (QED) is 0.490. The number of thiophene rings is 1. The standard InChI is InChI=1S/C13H18N2O4S2/c1-21(18,19)15-9-4-8-14-13(17)12-7-6-11(20-12)5-2-3-10-16/h6-7,15-16H,3-4,8-10H2,1H3,(H,14,17). The molecule has 1 aromatic rings. The Balaban J connectivity index is 2.34. The van der Waals surface area contributed by atoms with Crippen LogP contribution in [0.5, 0.6) is 0 Å². The molecule has 0 spiro atoms. The zero-order chi connectivity index (χ0) is 15.7. The first kappa shape index (κ1) is 17.7. The molecule has 0 bridgehead atoms. The molecule has 0 aliphatic heterocycles. The molecule has 0 radical (unpaired) electrons. The van der Waals surface area contributed by atoms with Crippen LogP contribution in [0.4, 0.5) is 0 Å². The van der Waals surface area contributed by atoms with E-state index in [-0.39, 0.29) is 12.5 Å². The van der Waals surface area contributed by atoms with Gasteiger partial charge in [0, 0.05) is 19.5 Å². The first-order chi connectivity index (χ1) is 9.92. The Labute approximate surface area is 128 Å². The predicted octanol–water partition coefficient (Wildman–Crippen LogP) is 0.151. The molecule has 0 saturated heterocycles. The van der Waals surface area contributed by atoms with Gasteiger partial charge in [0.25, 0.3) is 5.91 Å². The number of carbonyl (C=O) groups excluding carboxylic acids is 1. The fraction of sp³-hybridized carbons (Fsp3) is 0.462. The number of hydrogen-bond donors (Lipinski definition) is 3. The molecule has 116 valence electrons. The van der Waals surface area contributed by atoms with Crippen molar-refractivity contribution in [3.05, 3.63) is 21.9 Å². The second kappa shape index (κ2) is 8.79. The summed E-state index contributed by atoms with van der Waals surface area (Å²) < 4.78 is 24.0. The third-order valence-electron chi connectivity index (χ3n) is 2.28. The van der Waals surface area contributed by atoms with Crippen LogP contribution < -0.4 is 10.0 Å². The van der Waals surface area contributed by atoms with E-state index in [0.29, 0.717) is 30.8 Å². The van der Waals surface area contributed by atoms with Crippen molar-refractivity contribution in [1.29, 1.82) is 0 Å². The summed E-state index contributed by atoms with van der Waals surface area (Å²) >= 11 is 1.28. The largest absolute Gasteiger partial charge is 0.395 e. The number of hydrogen-bond acceptors (Lipinski definition) is 5. The van der Waals surface area contributed by atoms with Gasteiger partial charge in [-0.25, -0.2) is 13.1 Å². The second-order valence-corrected chi connectivity index (χ2v) is 7.13. The van der Waals surface area contributed by atoms with Crippen molar-refractivity contribution < 1.29 is 18.3 Å². The lowest BCUT2D eigenvalue weighted by molar-refractivity contribution is 0.0957. The van der Waals surface area contributed by atoms with Crippen LogP contribution in [0.3, 0.4) is 0 Å². The van der Waals surface area contributed by atoms with Crippen molar-refractivity contribution in [1.82, 2.24) is 10.0 Å². The maximum absolute atomic E-state index is 11.8. The van der Waals surface area contributed by atoms with Gasteiger partial charge in [0.05, 0.1) is 22.6 Å². The van der Waals surface area contributed by atoms with Gasteiger partial charge in [-0.1, -0.05) is 11.8 Å². The van der Waals surface area contributed by atoms with Crippen LogP contribution in [-0.2, 0) is 10.0 Å². The summed E-state index contributed by atoms with van der Waals surface area (Å²) in [5, 5.41) is 11.3. The number of rotatable bonds is 7. The van der Waals surface area contributed by atoms with Crippen LogP contribution in [0, 0.1) is 11.8 Å². The Morgan fingerprint density at radius 1 is 1.38 bits per heavy atom. The number of nitrogens with one attached hydrogen (secondary N) is 2. The maximum atomic E-state index is 11.8. The maximum Gasteiger partial charge on any atom is 0.261 e. The minimum Gasteiger partial charge on any atom is -0.395 e. The summed E-state index contributed by atoms with van der Waals surface area (Å²) in [5.74, 6) is 5.46. The van der Waals surface area contributed by atoms with Gasteiger partial charge in [-0.05, 0) is 18.6 Å². The molecule has 6 nitrogen and oxygen atoms in total. The Morgan fingerprint density at radius 3 is 2.81 bits per heavy atom. The highest BCUT2D eigenvalue weighted by Crippen LogP contribution is 2.15. The van der Waals surface area contributed by atoms with Crippen LogP contribution in [0.25, 0.3) is 0 Å². The van der Waals surface area contributed by atoms with Crippen LogP contribution in [0.2, 0.25) is 0 Å². The minimum absolute atomic E-state index is 0.0211. The molecule has 8 heteroatoms. The first-order valence-electron chi connectivity index (χ1n) is 6.35. The van der Waals surface area contributed by atoms with Crippen LogP contribution in [-0.4, -0.2) is 45.4 Å². The van der Waals surface area contributed by atoms with Crippen molar-refractivity contribution in [3.8, 4) is 11.8 Å². The Bertz CT molecular complexity index is 626. The number of amides is 1. The van der Waals surface area contributed by atoms with Gasteiger partial charge in [0.2, 0.25) is 10.0 Å². The lowest BCUT2D eigenvalue weighted by Gasteiger charge is -2.04. The van der Waals surface area contributed by atoms with E-state index in [9.17, 15) is 13.2 Å². The molecule has 1 heterocycles. The summed E-state index contributed by atoms with van der Waals surface area (Å²) in [6.07, 6.45) is 2.02. The highest BCUT2D eigenvalue weighted by atomic mass is 32.2. The van der Waals surface area contributed by atoms with Gasteiger partial charge in [-0.3, -0.25) is 4.79 Å². The molecule has 1 aromatic heterocycles. The highest BCUT2D eigenvalue weighted by Gasteiger charge is 2.07. The van der Waals surface area contributed by atoms with Crippen LogP contribution in [0.1, 0.15) is 27.4 Å². The molecule has 1 amide bonds. The summed E-state index contributed by atoms with van der Waals surface area (Å²) in [6, 6.07) is 3.45. The molecule has 0 aromatic carbocycles. The molecule has 0 aliphatic carbocycles. The minimum atomic E-state index is -3.18. The fourth-order valence-electron chi connectivity index (χ4n) is 1.37. The highest BCUT2D eigenvalue weighted by molar-refractivity contribution is 7.88. The monoisotopic (exact) mass is 330 g/mol. The average Bonchev–Trinajstić information content (AvgIpc) is 2.86. The van der Waals surface area contributed by atoms with Gasteiger partial charge in [-0.2, -0.15) is 0 Å². The number of sulfonamides is 1. The van der Waals surface area contributed by atoms with E-state index in [2.05, 4.69) is 21.9 Å². The SMILES string of the molecule is CS(=O)(=O)NCCCNC(=O)c1ccc(C#CCCO)s1. The summed E-state index contributed by atoms with van der Waals surface area (Å²) in [7, 11) is -3.18. The van der Waals surface area contributed by atoms with E-state index >= 15 is 0 Å². The van der Waals surface area contributed by atoms with Crippen LogP contribution >= 0.6 is 11.3 Å². The molecule has 0 saturated carbocycles. The molecule has 21 heavy (non-hydrogen) atoms. The molecular formula is C13H18N2O4S2.